The predicted molar refractivity (Wildman–Crippen MR) is 157 cm³/mol. The molecule has 4 heterocycles. The molecule has 1 saturated carbocycles. The van der Waals surface area contributed by atoms with Gasteiger partial charge in [0.2, 0.25) is 0 Å². The van der Waals surface area contributed by atoms with Gasteiger partial charge in [0, 0.05) is 42.7 Å². The Balaban J connectivity index is 1.49. The standard InChI is InChI=1S/C35H37F6N3/c1-6-19(2)33(20(3)21(33)4)44-18-24-10-13-28(34(36,37)38)30(35(39,40)41)25(24)11-12-27-26-9-7-8-23-14-15-42-16-17-43(31(27)22(44)5)32(42)29(23)26/h6-10,13,16-17,19-21,27,31-32H,1,5,11-12,14-15,18H2,2-4H3/t19?,20-,21-,27?,31?,32?/m0/s1. The van der Waals surface area contributed by atoms with Crippen molar-refractivity contribution in [1.82, 2.24) is 14.7 Å². The summed E-state index contributed by atoms with van der Waals surface area (Å²) < 4.78 is 86.6. The van der Waals surface area contributed by atoms with Crippen molar-refractivity contribution in [2.24, 2.45) is 17.8 Å². The number of hydrogen-bond donors (Lipinski definition) is 0. The van der Waals surface area contributed by atoms with Gasteiger partial charge in [-0.05, 0) is 65.3 Å². The van der Waals surface area contributed by atoms with Crippen LogP contribution < -0.4 is 0 Å². The zero-order valence-electron chi connectivity index (χ0n) is 25.1. The summed E-state index contributed by atoms with van der Waals surface area (Å²) in [5.41, 5.74) is 0.630. The molecule has 0 spiro atoms. The summed E-state index contributed by atoms with van der Waals surface area (Å²) in [7, 11) is 0. The molecule has 0 amide bonds. The molecule has 6 atom stereocenters. The molecule has 9 heteroatoms. The lowest BCUT2D eigenvalue weighted by atomic mass is 9.74. The number of nitrogens with zero attached hydrogens (tertiary/aromatic N) is 3. The molecular weight excluding hydrogens is 576 g/mol. The minimum atomic E-state index is -5.17. The first-order valence-corrected chi connectivity index (χ1v) is 15.4. The molecule has 0 saturated heterocycles. The van der Waals surface area contributed by atoms with E-state index in [4.69, 9.17) is 6.58 Å². The topological polar surface area (TPSA) is 9.72 Å². The lowest BCUT2D eigenvalue weighted by molar-refractivity contribution is -0.162. The lowest BCUT2D eigenvalue weighted by Gasteiger charge is -2.53. The van der Waals surface area contributed by atoms with Crippen molar-refractivity contribution in [2.45, 2.75) is 82.6 Å². The van der Waals surface area contributed by atoms with Gasteiger partial charge >= 0.3 is 12.4 Å². The average Bonchev–Trinajstić information content (AvgIpc) is 3.28. The van der Waals surface area contributed by atoms with Gasteiger partial charge in [0.25, 0.3) is 0 Å². The lowest BCUT2D eigenvalue weighted by Crippen LogP contribution is -2.53. The quantitative estimate of drug-likeness (QED) is 0.254. The highest BCUT2D eigenvalue weighted by atomic mass is 19.4. The van der Waals surface area contributed by atoms with Crippen molar-refractivity contribution < 1.29 is 26.3 Å². The third kappa shape index (κ3) is 3.89. The van der Waals surface area contributed by atoms with Crippen LogP contribution in [0.1, 0.15) is 78.2 Å². The van der Waals surface area contributed by atoms with Crippen molar-refractivity contribution in [3.63, 3.8) is 0 Å². The summed E-state index contributed by atoms with van der Waals surface area (Å²) in [5.74, 6) is 0.0515. The first-order valence-electron chi connectivity index (χ1n) is 15.4. The molecule has 7 rings (SSSR count). The Morgan fingerprint density at radius 1 is 0.955 bits per heavy atom. The Morgan fingerprint density at radius 2 is 1.68 bits per heavy atom. The fraction of sp³-hybridized carbons (Fsp3) is 0.486. The van der Waals surface area contributed by atoms with Crippen LogP contribution in [-0.4, -0.2) is 32.8 Å². The molecule has 1 fully saturated rings. The van der Waals surface area contributed by atoms with Gasteiger partial charge in [0.15, 0.2) is 0 Å². The first kappa shape index (κ1) is 29.4. The second kappa shape index (κ2) is 9.57. The highest BCUT2D eigenvalue weighted by Crippen LogP contribution is 2.62. The molecule has 3 nitrogen and oxygen atoms in total. The highest BCUT2D eigenvalue weighted by molar-refractivity contribution is 5.50. The van der Waals surface area contributed by atoms with Crippen LogP contribution in [0.3, 0.4) is 0 Å². The molecule has 0 aromatic heterocycles. The Hall–Kier alpha value is -3.36. The largest absolute Gasteiger partial charge is 0.417 e. The molecule has 0 N–H and O–H groups in total. The maximum Gasteiger partial charge on any atom is 0.417 e. The highest BCUT2D eigenvalue weighted by Gasteiger charge is 2.66. The Morgan fingerprint density at radius 3 is 2.32 bits per heavy atom. The molecule has 2 aromatic rings. The molecule has 4 unspecified atom stereocenters. The summed E-state index contributed by atoms with van der Waals surface area (Å²) in [6.45, 7) is 16.0. The molecule has 1 aliphatic carbocycles. The maximum absolute atomic E-state index is 14.7. The molecule has 0 bridgehead atoms. The van der Waals surface area contributed by atoms with E-state index in [9.17, 15) is 26.3 Å². The van der Waals surface area contributed by atoms with Crippen LogP contribution in [0.15, 0.2) is 67.7 Å². The van der Waals surface area contributed by atoms with Gasteiger partial charge in [0.05, 0.1) is 22.7 Å². The SMILES string of the molecule is C=CC(C)C1(N2Cc3ccc(C(F)(F)F)c(C(F)(F)F)c3CCC3c4cccc5c4C4N(C=CN4C3C2=C)CC5)[C@@H](C)[C@@H]1C. The van der Waals surface area contributed by atoms with Gasteiger partial charge in [-0.2, -0.15) is 26.3 Å². The second-order valence-corrected chi connectivity index (χ2v) is 13.3. The fourth-order valence-electron chi connectivity index (χ4n) is 9.43. The Kier molecular flexibility index (Phi) is 6.39. The van der Waals surface area contributed by atoms with Gasteiger partial charge in [-0.1, -0.05) is 57.7 Å². The molecular formula is C35H37F6N3. The van der Waals surface area contributed by atoms with Crippen LogP contribution in [-0.2, 0) is 31.7 Å². The minimum absolute atomic E-state index is 0.0359. The zero-order chi connectivity index (χ0) is 31.5. The van der Waals surface area contributed by atoms with E-state index in [0.29, 0.717) is 6.07 Å². The van der Waals surface area contributed by atoms with Crippen molar-refractivity contribution in [3.8, 4) is 0 Å². The monoisotopic (exact) mass is 613 g/mol. The number of fused-ring (bicyclic) bond motifs is 4. The third-order valence-electron chi connectivity index (χ3n) is 11.6. The van der Waals surface area contributed by atoms with E-state index >= 15 is 0 Å². The van der Waals surface area contributed by atoms with Crippen LogP contribution in [0.25, 0.3) is 0 Å². The van der Waals surface area contributed by atoms with E-state index in [-0.39, 0.29) is 66.4 Å². The van der Waals surface area contributed by atoms with E-state index in [1.54, 1.807) is 0 Å². The van der Waals surface area contributed by atoms with Gasteiger partial charge in [-0.3, -0.25) is 0 Å². The van der Waals surface area contributed by atoms with Gasteiger partial charge in [-0.15, -0.1) is 6.58 Å². The molecule has 2 aromatic carbocycles. The van der Waals surface area contributed by atoms with Gasteiger partial charge in [-0.25, -0.2) is 0 Å². The molecule has 4 aliphatic heterocycles. The van der Waals surface area contributed by atoms with Gasteiger partial charge < -0.3 is 14.7 Å². The van der Waals surface area contributed by atoms with Crippen LogP contribution in [0.5, 0.6) is 0 Å². The van der Waals surface area contributed by atoms with Crippen LogP contribution >= 0.6 is 0 Å². The molecule has 44 heavy (non-hydrogen) atoms. The van der Waals surface area contributed by atoms with Crippen molar-refractivity contribution >= 4 is 0 Å². The molecule has 5 aliphatic rings. The van der Waals surface area contributed by atoms with E-state index in [1.807, 2.05) is 12.1 Å². The molecule has 234 valence electrons. The van der Waals surface area contributed by atoms with Crippen molar-refractivity contribution in [3.05, 3.63) is 107 Å². The first-order chi connectivity index (χ1) is 20.7. The number of benzene rings is 2. The third-order valence-corrected chi connectivity index (χ3v) is 11.6. The van der Waals surface area contributed by atoms with Crippen LogP contribution in [0, 0.1) is 17.8 Å². The number of halogens is 6. The van der Waals surface area contributed by atoms with Crippen molar-refractivity contribution in [1.29, 1.82) is 0 Å². The number of rotatable bonds is 3. The second-order valence-electron chi connectivity index (χ2n) is 13.3. The summed E-state index contributed by atoms with van der Waals surface area (Å²) in [6.07, 6.45) is -3.30. The predicted octanol–water partition coefficient (Wildman–Crippen LogP) is 8.64. The Bertz CT molecular complexity index is 1560. The van der Waals surface area contributed by atoms with Crippen LogP contribution in [0.2, 0.25) is 0 Å². The maximum atomic E-state index is 14.7. The summed E-state index contributed by atoms with van der Waals surface area (Å²) in [6, 6.07) is 7.81. The van der Waals surface area contributed by atoms with E-state index in [2.05, 4.69) is 66.6 Å². The summed E-state index contributed by atoms with van der Waals surface area (Å²) >= 11 is 0. The zero-order valence-corrected chi connectivity index (χ0v) is 25.1. The van der Waals surface area contributed by atoms with E-state index < -0.39 is 29.0 Å². The summed E-state index contributed by atoms with van der Waals surface area (Å²) in [5, 5.41) is 0. The summed E-state index contributed by atoms with van der Waals surface area (Å²) in [4.78, 5) is 6.78. The fourth-order valence-corrected chi connectivity index (χ4v) is 9.43. The average molecular weight is 614 g/mol. The number of alkyl halides is 6. The smallest absolute Gasteiger partial charge is 0.362 e. The van der Waals surface area contributed by atoms with E-state index in [0.717, 1.165) is 24.2 Å². The Labute approximate surface area is 254 Å². The van der Waals surface area contributed by atoms with Crippen molar-refractivity contribution in [2.75, 3.05) is 6.54 Å². The normalized spacial score (nSPS) is 31.4. The van der Waals surface area contributed by atoms with Gasteiger partial charge in [0.1, 0.15) is 6.17 Å². The van der Waals surface area contributed by atoms with Crippen LogP contribution in [0.4, 0.5) is 26.3 Å². The minimum Gasteiger partial charge on any atom is -0.362 e. The van der Waals surface area contributed by atoms with E-state index in [1.165, 1.54) is 17.2 Å². The molecule has 0 radical (unpaired) electrons. The number of hydrogen-bond acceptors (Lipinski definition) is 3.